The van der Waals surface area contributed by atoms with E-state index in [4.69, 9.17) is 0 Å². The number of sulfonamides is 1. The maximum Gasteiger partial charge on any atom is 0.213 e. The van der Waals surface area contributed by atoms with Crippen LogP contribution in [0, 0.1) is 0 Å². The number of benzene rings is 2. The van der Waals surface area contributed by atoms with Crippen LogP contribution in [0.1, 0.15) is 12.5 Å². The van der Waals surface area contributed by atoms with E-state index in [-0.39, 0.29) is 12.3 Å². The van der Waals surface area contributed by atoms with Gasteiger partial charge in [-0.15, -0.1) is 11.8 Å². The number of hydrogen-bond donors (Lipinski definition) is 3. The lowest BCUT2D eigenvalue weighted by Gasteiger charge is -2.16. The lowest BCUT2D eigenvalue weighted by atomic mass is 10.2. The topological polar surface area (TPSA) is 82.6 Å². The van der Waals surface area contributed by atoms with E-state index in [1.165, 1.54) is 4.90 Å². The monoisotopic (exact) mass is 420 g/mol. The Kier molecular flexibility index (Phi) is 9.33. The smallest absolute Gasteiger partial charge is 0.213 e. The summed E-state index contributed by atoms with van der Waals surface area (Å²) < 4.78 is 26.9. The zero-order valence-electron chi connectivity index (χ0n) is 16.3. The predicted molar refractivity (Wildman–Crippen MR) is 118 cm³/mol. The Balaban J connectivity index is 1.68. The third kappa shape index (κ3) is 8.77. The second-order valence-electron chi connectivity index (χ2n) is 6.25. The minimum Gasteiger partial charge on any atom is -0.355 e. The Morgan fingerprint density at radius 3 is 2.32 bits per heavy atom. The SMILES string of the molecule is CN=C(NCCS(=O)(=O)NCc1ccccc1)NCC(C)Sc1ccccc1. The molecule has 2 aromatic carbocycles. The first kappa shape index (κ1) is 22.3. The van der Waals surface area contributed by atoms with E-state index in [2.05, 4.69) is 39.4 Å². The Labute approximate surface area is 172 Å². The quantitative estimate of drug-likeness (QED) is 0.312. The summed E-state index contributed by atoms with van der Waals surface area (Å²) in [5, 5.41) is 6.63. The van der Waals surface area contributed by atoms with Gasteiger partial charge in [-0.25, -0.2) is 13.1 Å². The molecule has 3 N–H and O–H groups in total. The fourth-order valence-electron chi connectivity index (χ4n) is 2.40. The van der Waals surface area contributed by atoms with Crippen molar-refractivity contribution in [1.29, 1.82) is 0 Å². The summed E-state index contributed by atoms with van der Waals surface area (Å²) in [6.07, 6.45) is 0. The highest BCUT2D eigenvalue weighted by Crippen LogP contribution is 2.21. The maximum atomic E-state index is 12.1. The summed E-state index contributed by atoms with van der Waals surface area (Å²) >= 11 is 1.78. The van der Waals surface area contributed by atoms with Crippen LogP contribution in [-0.4, -0.2) is 45.5 Å². The van der Waals surface area contributed by atoms with Crippen molar-refractivity contribution >= 4 is 27.7 Å². The Morgan fingerprint density at radius 1 is 1.04 bits per heavy atom. The van der Waals surface area contributed by atoms with Crippen LogP contribution in [-0.2, 0) is 16.6 Å². The van der Waals surface area contributed by atoms with Gasteiger partial charge in [0, 0.05) is 36.8 Å². The average molecular weight is 421 g/mol. The molecule has 6 nitrogen and oxygen atoms in total. The minimum atomic E-state index is -3.36. The Morgan fingerprint density at radius 2 is 1.68 bits per heavy atom. The molecule has 1 unspecified atom stereocenters. The van der Waals surface area contributed by atoms with Crippen molar-refractivity contribution in [2.24, 2.45) is 4.99 Å². The molecule has 0 aliphatic rings. The van der Waals surface area contributed by atoms with E-state index in [1.54, 1.807) is 18.8 Å². The number of nitrogens with one attached hydrogen (secondary N) is 3. The van der Waals surface area contributed by atoms with Crippen LogP contribution in [0.15, 0.2) is 70.6 Å². The fraction of sp³-hybridized carbons (Fsp3) is 0.350. The van der Waals surface area contributed by atoms with Gasteiger partial charge in [0.25, 0.3) is 0 Å². The minimum absolute atomic E-state index is 0.0190. The van der Waals surface area contributed by atoms with Crippen molar-refractivity contribution in [3.05, 3.63) is 66.2 Å². The standard InChI is InChI=1S/C20H28N4O2S2/c1-17(27-19-11-7-4-8-12-19)15-23-20(21-2)22-13-14-28(25,26)24-16-18-9-5-3-6-10-18/h3-12,17,24H,13-16H2,1-2H3,(H2,21,22,23). The van der Waals surface area contributed by atoms with Crippen molar-refractivity contribution in [2.75, 3.05) is 25.9 Å². The molecule has 0 heterocycles. The van der Waals surface area contributed by atoms with Crippen LogP contribution in [0.3, 0.4) is 0 Å². The largest absolute Gasteiger partial charge is 0.355 e. The highest BCUT2D eigenvalue weighted by molar-refractivity contribution is 8.00. The molecule has 8 heteroatoms. The maximum absolute atomic E-state index is 12.1. The van der Waals surface area contributed by atoms with E-state index < -0.39 is 10.0 Å². The van der Waals surface area contributed by atoms with Gasteiger partial charge in [0.1, 0.15) is 0 Å². The first-order chi connectivity index (χ1) is 13.5. The zero-order chi connectivity index (χ0) is 20.2. The van der Waals surface area contributed by atoms with Crippen LogP contribution in [0.4, 0.5) is 0 Å². The molecule has 28 heavy (non-hydrogen) atoms. The second-order valence-corrected chi connectivity index (χ2v) is 9.69. The first-order valence-corrected chi connectivity index (χ1v) is 11.7. The van der Waals surface area contributed by atoms with Crippen molar-refractivity contribution in [1.82, 2.24) is 15.4 Å². The highest BCUT2D eigenvalue weighted by Gasteiger charge is 2.11. The van der Waals surface area contributed by atoms with Gasteiger partial charge in [-0.1, -0.05) is 55.5 Å². The van der Waals surface area contributed by atoms with Crippen LogP contribution in [0.25, 0.3) is 0 Å². The summed E-state index contributed by atoms with van der Waals surface area (Å²) in [5.41, 5.74) is 0.932. The van der Waals surface area contributed by atoms with Crippen molar-refractivity contribution in [2.45, 2.75) is 23.6 Å². The van der Waals surface area contributed by atoms with Gasteiger partial charge < -0.3 is 10.6 Å². The fourth-order valence-corrected chi connectivity index (χ4v) is 4.25. The van der Waals surface area contributed by atoms with E-state index in [9.17, 15) is 8.42 Å². The molecular weight excluding hydrogens is 392 g/mol. The third-order valence-corrected chi connectivity index (χ3v) is 6.30. The second kappa shape index (κ2) is 11.7. The average Bonchev–Trinajstić information content (AvgIpc) is 2.70. The first-order valence-electron chi connectivity index (χ1n) is 9.16. The van der Waals surface area contributed by atoms with Gasteiger partial charge in [-0.3, -0.25) is 4.99 Å². The van der Waals surface area contributed by atoms with Crippen LogP contribution < -0.4 is 15.4 Å². The van der Waals surface area contributed by atoms with Crippen LogP contribution >= 0.6 is 11.8 Å². The van der Waals surface area contributed by atoms with Gasteiger partial charge in [0.05, 0.1) is 5.75 Å². The van der Waals surface area contributed by atoms with Crippen molar-refractivity contribution in [3.8, 4) is 0 Å². The Bertz CT molecular complexity index is 828. The third-order valence-electron chi connectivity index (χ3n) is 3.86. The molecule has 0 amide bonds. The molecule has 1 atom stereocenters. The number of hydrogen-bond acceptors (Lipinski definition) is 4. The molecular formula is C20H28N4O2S2. The molecule has 0 aliphatic heterocycles. The predicted octanol–water partition coefficient (Wildman–Crippen LogP) is 2.45. The molecule has 2 rings (SSSR count). The van der Waals surface area contributed by atoms with Gasteiger partial charge in [-0.05, 0) is 17.7 Å². The van der Waals surface area contributed by atoms with Gasteiger partial charge >= 0.3 is 0 Å². The Hall–Kier alpha value is -2.03. The number of thioether (sulfide) groups is 1. The van der Waals surface area contributed by atoms with Crippen molar-refractivity contribution < 1.29 is 8.42 Å². The molecule has 2 aromatic rings. The summed E-state index contributed by atoms with van der Waals surface area (Å²) in [6.45, 7) is 3.43. The van der Waals surface area contributed by atoms with E-state index in [0.717, 1.165) is 12.1 Å². The molecule has 0 radical (unpaired) electrons. The van der Waals surface area contributed by atoms with Crippen LogP contribution in [0.2, 0.25) is 0 Å². The summed E-state index contributed by atoms with van der Waals surface area (Å²) in [6, 6.07) is 19.7. The summed E-state index contributed by atoms with van der Waals surface area (Å²) in [7, 11) is -1.68. The number of rotatable bonds is 10. The summed E-state index contributed by atoms with van der Waals surface area (Å²) in [5.74, 6) is 0.577. The van der Waals surface area contributed by atoms with Gasteiger partial charge in [0.2, 0.25) is 10.0 Å². The molecule has 0 bridgehead atoms. The molecule has 0 saturated carbocycles. The molecule has 0 spiro atoms. The highest BCUT2D eigenvalue weighted by atomic mass is 32.2. The van der Waals surface area contributed by atoms with E-state index >= 15 is 0 Å². The zero-order valence-corrected chi connectivity index (χ0v) is 17.9. The lowest BCUT2D eigenvalue weighted by molar-refractivity contribution is 0.580. The van der Waals surface area contributed by atoms with Gasteiger partial charge in [0.15, 0.2) is 5.96 Å². The molecule has 0 aromatic heterocycles. The molecule has 0 saturated heterocycles. The van der Waals surface area contributed by atoms with Crippen LogP contribution in [0.5, 0.6) is 0 Å². The van der Waals surface area contributed by atoms with Gasteiger partial charge in [-0.2, -0.15) is 0 Å². The molecule has 152 valence electrons. The number of nitrogens with zero attached hydrogens (tertiary/aromatic N) is 1. The normalized spacial score (nSPS) is 13.1. The molecule has 0 aliphatic carbocycles. The molecule has 0 fully saturated rings. The van der Waals surface area contributed by atoms with E-state index in [0.29, 0.717) is 17.8 Å². The van der Waals surface area contributed by atoms with Crippen molar-refractivity contribution in [3.63, 3.8) is 0 Å². The number of aliphatic imine (C=N–C) groups is 1. The number of guanidine groups is 1. The van der Waals surface area contributed by atoms with E-state index in [1.807, 2.05) is 48.5 Å². The lowest BCUT2D eigenvalue weighted by Crippen LogP contribution is -2.42. The summed E-state index contributed by atoms with van der Waals surface area (Å²) in [4.78, 5) is 5.37.